The van der Waals surface area contributed by atoms with Crippen molar-refractivity contribution < 1.29 is 9.47 Å². The number of hydrogen-bond acceptors (Lipinski definition) is 3. The Balaban J connectivity index is 1.51. The molecule has 134 valence electrons. The second kappa shape index (κ2) is 11.3. The van der Waals surface area contributed by atoms with E-state index >= 15 is 0 Å². The molecule has 0 amide bonds. The number of guanidine groups is 1. The van der Waals surface area contributed by atoms with Crippen molar-refractivity contribution in [1.29, 1.82) is 0 Å². The lowest BCUT2D eigenvalue weighted by atomic mass is 10.1. The van der Waals surface area contributed by atoms with Gasteiger partial charge in [0.1, 0.15) is 0 Å². The normalized spacial score (nSPS) is 17.9. The number of benzene rings is 1. The molecular weight excluding hydrogens is 326 g/mol. The molecule has 0 bridgehead atoms. The molecule has 1 aromatic carbocycles. The summed E-state index contributed by atoms with van der Waals surface area (Å²) in [5.74, 6) is 0.807. The van der Waals surface area contributed by atoms with Crippen LogP contribution in [0.3, 0.4) is 0 Å². The van der Waals surface area contributed by atoms with Crippen LogP contribution in [-0.4, -0.2) is 52.0 Å². The van der Waals surface area contributed by atoms with Crippen molar-refractivity contribution in [2.45, 2.75) is 31.8 Å². The molecule has 0 spiro atoms. The lowest BCUT2D eigenvalue weighted by molar-refractivity contribution is 0.0168. The van der Waals surface area contributed by atoms with E-state index in [-0.39, 0.29) is 0 Å². The SMILES string of the molecule is CN=C(NCCCOCC1CCCO1)NCCc1ccccc1Cl. The summed E-state index contributed by atoms with van der Waals surface area (Å²) in [5.41, 5.74) is 1.14. The first-order valence-corrected chi connectivity index (χ1v) is 9.04. The summed E-state index contributed by atoms with van der Waals surface area (Å²) in [6.45, 7) is 3.95. The topological polar surface area (TPSA) is 54.9 Å². The van der Waals surface area contributed by atoms with Crippen LogP contribution in [0.2, 0.25) is 5.02 Å². The maximum atomic E-state index is 6.16. The van der Waals surface area contributed by atoms with Crippen LogP contribution >= 0.6 is 11.6 Å². The van der Waals surface area contributed by atoms with Gasteiger partial charge in [-0.2, -0.15) is 0 Å². The molecule has 0 saturated carbocycles. The number of rotatable bonds is 9. The lowest BCUT2D eigenvalue weighted by Gasteiger charge is -2.13. The fraction of sp³-hybridized carbons (Fsp3) is 0.611. The fourth-order valence-electron chi connectivity index (χ4n) is 2.61. The predicted molar refractivity (Wildman–Crippen MR) is 98.9 cm³/mol. The molecule has 1 aromatic rings. The van der Waals surface area contributed by atoms with Gasteiger partial charge in [-0.15, -0.1) is 0 Å². The smallest absolute Gasteiger partial charge is 0.190 e. The molecule has 1 aliphatic heterocycles. The first-order chi connectivity index (χ1) is 11.8. The summed E-state index contributed by atoms with van der Waals surface area (Å²) in [6, 6.07) is 7.91. The highest BCUT2D eigenvalue weighted by Crippen LogP contribution is 2.14. The van der Waals surface area contributed by atoms with Crippen molar-refractivity contribution >= 4 is 17.6 Å². The molecule has 24 heavy (non-hydrogen) atoms. The molecule has 1 saturated heterocycles. The lowest BCUT2D eigenvalue weighted by Crippen LogP contribution is -2.39. The van der Waals surface area contributed by atoms with Gasteiger partial charge < -0.3 is 20.1 Å². The highest BCUT2D eigenvalue weighted by molar-refractivity contribution is 6.31. The molecule has 0 aliphatic carbocycles. The first-order valence-electron chi connectivity index (χ1n) is 8.67. The number of ether oxygens (including phenoxy) is 2. The van der Waals surface area contributed by atoms with E-state index in [1.54, 1.807) is 7.05 Å². The third kappa shape index (κ3) is 7.07. The van der Waals surface area contributed by atoms with E-state index in [1.165, 1.54) is 0 Å². The average Bonchev–Trinajstić information content (AvgIpc) is 3.11. The van der Waals surface area contributed by atoms with Crippen LogP contribution < -0.4 is 10.6 Å². The zero-order chi connectivity index (χ0) is 17.0. The Morgan fingerprint density at radius 2 is 2.17 bits per heavy atom. The van der Waals surface area contributed by atoms with Crippen molar-refractivity contribution in [1.82, 2.24) is 10.6 Å². The minimum atomic E-state index is 0.303. The molecule has 1 fully saturated rings. The Bertz CT molecular complexity index is 505. The molecule has 1 atom stereocenters. The Morgan fingerprint density at radius 3 is 2.92 bits per heavy atom. The van der Waals surface area contributed by atoms with Gasteiger partial charge in [0.2, 0.25) is 0 Å². The van der Waals surface area contributed by atoms with Crippen LogP contribution in [0, 0.1) is 0 Å². The van der Waals surface area contributed by atoms with Crippen molar-refractivity contribution in [2.75, 3.05) is 40.0 Å². The van der Waals surface area contributed by atoms with E-state index in [0.29, 0.717) is 12.7 Å². The number of hydrogen-bond donors (Lipinski definition) is 2. The van der Waals surface area contributed by atoms with Gasteiger partial charge in [0, 0.05) is 38.4 Å². The maximum absolute atomic E-state index is 6.16. The molecule has 2 rings (SSSR count). The standard InChI is InChI=1S/C18H28ClN3O2/c1-20-18(22-11-9-15-6-2-3-8-17(15)19)21-10-5-12-23-14-16-7-4-13-24-16/h2-3,6,8,16H,4-5,7,9-14H2,1H3,(H2,20,21,22). The van der Waals surface area contributed by atoms with Gasteiger partial charge in [0.25, 0.3) is 0 Å². The second-order valence-corrected chi connectivity index (χ2v) is 6.24. The zero-order valence-corrected chi connectivity index (χ0v) is 15.1. The largest absolute Gasteiger partial charge is 0.379 e. The van der Waals surface area contributed by atoms with Crippen LogP contribution in [0.25, 0.3) is 0 Å². The number of aliphatic imine (C=N–C) groups is 1. The third-order valence-electron chi connectivity index (χ3n) is 3.95. The van der Waals surface area contributed by atoms with Crippen LogP contribution in [-0.2, 0) is 15.9 Å². The van der Waals surface area contributed by atoms with Gasteiger partial charge in [0.05, 0.1) is 12.7 Å². The van der Waals surface area contributed by atoms with Crippen LogP contribution in [0.15, 0.2) is 29.3 Å². The average molecular weight is 354 g/mol. The highest BCUT2D eigenvalue weighted by atomic mass is 35.5. The maximum Gasteiger partial charge on any atom is 0.190 e. The Morgan fingerprint density at radius 1 is 1.33 bits per heavy atom. The summed E-state index contributed by atoms with van der Waals surface area (Å²) in [5, 5.41) is 7.40. The molecule has 6 heteroatoms. The molecular formula is C18H28ClN3O2. The first kappa shape index (κ1) is 19.0. The van der Waals surface area contributed by atoms with E-state index < -0.39 is 0 Å². The van der Waals surface area contributed by atoms with E-state index in [9.17, 15) is 0 Å². The molecule has 0 radical (unpaired) electrons. The number of nitrogens with zero attached hydrogens (tertiary/aromatic N) is 1. The highest BCUT2D eigenvalue weighted by Gasteiger charge is 2.14. The van der Waals surface area contributed by atoms with Gasteiger partial charge in [-0.3, -0.25) is 4.99 Å². The summed E-state index contributed by atoms with van der Waals surface area (Å²) < 4.78 is 11.2. The van der Waals surface area contributed by atoms with Crippen molar-refractivity contribution in [3.63, 3.8) is 0 Å². The zero-order valence-electron chi connectivity index (χ0n) is 14.4. The Labute approximate surface area is 149 Å². The van der Waals surface area contributed by atoms with Gasteiger partial charge in [0.15, 0.2) is 5.96 Å². The Hall–Kier alpha value is -1.30. The number of halogens is 1. The van der Waals surface area contributed by atoms with E-state index in [2.05, 4.69) is 15.6 Å². The van der Waals surface area contributed by atoms with Crippen LogP contribution in [0.5, 0.6) is 0 Å². The third-order valence-corrected chi connectivity index (χ3v) is 4.32. The molecule has 1 aliphatic rings. The van der Waals surface area contributed by atoms with E-state index in [0.717, 1.165) is 68.5 Å². The molecule has 5 nitrogen and oxygen atoms in total. The molecule has 0 aromatic heterocycles. The Kier molecular flexibility index (Phi) is 8.95. The van der Waals surface area contributed by atoms with Crippen LogP contribution in [0.4, 0.5) is 0 Å². The molecule has 1 heterocycles. The quantitative estimate of drug-likeness (QED) is 0.407. The monoisotopic (exact) mass is 353 g/mol. The summed E-state index contributed by atoms with van der Waals surface area (Å²) in [7, 11) is 1.78. The summed E-state index contributed by atoms with van der Waals surface area (Å²) in [6.07, 6.45) is 4.40. The van der Waals surface area contributed by atoms with Crippen LogP contribution in [0.1, 0.15) is 24.8 Å². The molecule has 2 N–H and O–H groups in total. The van der Waals surface area contributed by atoms with Gasteiger partial charge >= 0.3 is 0 Å². The predicted octanol–water partition coefficient (Wildman–Crippen LogP) is 2.63. The number of nitrogens with one attached hydrogen (secondary N) is 2. The minimum absolute atomic E-state index is 0.303. The van der Waals surface area contributed by atoms with Crippen molar-refractivity contribution in [3.05, 3.63) is 34.9 Å². The van der Waals surface area contributed by atoms with E-state index in [1.807, 2.05) is 24.3 Å². The van der Waals surface area contributed by atoms with Gasteiger partial charge in [-0.1, -0.05) is 29.8 Å². The van der Waals surface area contributed by atoms with Crippen molar-refractivity contribution in [2.24, 2.45) is 4.99 Å². The fourth-order valence-corrected chi connectivity index (χ4v) is 2.84. The summed E-state index contributed by atoms with van der Waals surface area (Å²) >= 11 is 6.16. The summed E-state index contributed by atoms with van der Waals surface area (Å²) in [4.78, 5) is 4.22. The molecule has 1 unspecified atom stereocenters. The van der Waals surface area contributed by atoms with Crippen molar-refractivity contribution in [3.8, 4) is 0 Å². The van der Waals surface area contributed by atoms with E-state index in [4.69, 9.17) is 21.1 Å². The van der Waals surface area contributed by atoms with Gasteiger partial charge in [-0.25, -0.2) is 0 Å². The van der Waals surface area contributed by atoms with Gasteiger partial charge in [-0.05, 0) is 37.3 Å². The minimum Gasteiger partial charge on any atom is -0.379 e. The second-order valence-electron chi connectivity index (χ2n) is 5.83.